The highest BCUT2D eigenvalue weighted by atomic mass is 16.3. The average Bonchev–Trinajstić information content (AvgIpc) is 3.74. The Hall–Kier alpha value is -8.20. The predicted molar refractivity (Wildman–Crippen MR) is 263 cm³/mol. The minimum atomic E-state index is -0.499. The average molecular weight is 806 g/mol. The van der Waals surface area contributed by atoms with Gasteiger partial charge in [-0.15, -0.1) is 0 Å². The maximum absolute atomic E-state index is 6.30. The number of furan rings is 1. The summed E-state index contributed by atoms with van der Waals surface area (Å²) in [6, 6.07) is 93.9. The second kappa shape index (κ2) is 16.3. The molecule has 0 fully saturated rings. The zero-order chi connectivity index (χ0) is 42.0. The van der Waals surface area contributed by atoms with Gasteiger partial charge in [-0.1, -0.05) is 206 Å². The zero-order valence-corrected chi connectivity index (χ0v) is 34.7. The maximum Gasteiger partial charge on any atom is 0.135 e. The van der Waals surface area contributed by atoms with Crippen LogP contribution in [-0.4, -0.2) is 0 Å². The van der Waals surface area contributed by atoms with Gasteiger partial charge in [0, 0.05) is 27.8 Å². The summed E-state index contributed by atoms with van der Waals surface area (Å²) < 4.78 is 6.30. The molecule has 0 amide bonds. The van der Waals surface area contributed by atoms with Crippen LogP contribution < -0.4 is 4.90 Å². The monoisotopic (exact) mass is 805 g/mol. The lowest BCUT2D eigenvalue weighted by molar-refractivity contribution is 0.669. The first-order valence-electron chi connectivity index (χ1n) is 21.6. The van der Waals surface area contributed by atoms with Crippen LogP contribution in [-0.2, 0) is 5.41 Å². The van der Waals surface area contributed by atoms with Gasteiger partial charge in [-0.2, -0.15) is 0 Å². The number of nitrogens with zero attached hydrogens (tertiary/aromatic N) is 1. The van der Waals surface area contributed by atoms with Gasteiger partial charge in [-0.05, 0) is 110 Å². The summed E-state index contributed by atoms with van der Waals surface area (Å²) in [6.07, 6.45) is 0. The summed E-state index contributed by atoms with van der Waals surface area (Å²) in [6.45, 7) is 0. The van der Waals surface area contributed by atoms with E-state index in [1.54, 1.807) is 0 Å². The third-order valence-corrected chi connectivity index (χ3v) is 12.4. The highest BCUT2D eigenvalue weighted by molar-refractivity contribution is 6.06. The van der Waals surface area contributed by atoms with Crippen molar-refractivity contribution in [2.45, 2.75) is 5.41 Å². The molecule has 298 valence electrons. The van der Waals surface area contributed by atoms with Crippen molar-refractivity contribution in [3.63, 3.8) is 0 Å². The highest BCUT2D eigenvalue weighted by Crippen LogP contribution is 2.46. The Kier molecular flexibility index (Phi) is 9.80. The summed E-state index contributed by atoms with van der Waals surface area (Å²) in [5, 5.41) is 2.19. The standard InChI is InChI=1S/C61H43NO/c1-6-18-44(19-7-1)48-40-49(45-20-8-2-9-21-45)42-56(41-48)62(55-38-39-60-58(43-55)57-28-16-17-29-59(57)63-60)54-36-32-47(33-37-54)46-30-34-53(35-31-46)61(50-22-10-3-11-23-50,51-24-12-4-13-25-51)52-26-14-5-15-27-52/h1-43H. The van der Waals surface area contributed by atoms with Crippen molar-refractivity contribution >= 4 is 39.0 Å². The van der Waals surface area contributed by atoms with Gasteiger partial charge in [0.05, 0.1) is 5.41 Å². The molecule has 63 heavy (non-hydrogen) atoms. The molecule has 0 aliphatic heterocycles. The van der Waals surface area contributed by atoms with Crippen LogP contribution in [0.1, 0.15) is 22.3 Å². The number of rotatable bonds is 10. The van der Waals surface area contributed by atoms with E-state index in [0.29, 0.717) is 0 Å². The quantitative estimate of drug-likeness (QED) is 0.128. The first-order valence-corrected chi connectivity index (χ1v) is 21.6. The number of fused-ring (bicyclic) bond motifs is 3. The van der Waals surface area contributed by atoms with Crippen molar-refractivity contribution in [3.8, 4) is 33.4 Å². The Morgan fingerprint density at radius 2 is 0.651 bits per heavy atom. The lowest BCUT2D eigenvalue weighted by Crippen LogP contribution is -2.30. The second-order valence-electron chi connectivity index (χ2n) is 16.1. The van der Waals surface area contributed by atoms with E-state index in [0.717, 1.165) is 61.3 Å². The topological polar surface area (TPSA) is 16.4 Å². The van der Waals surface area contributed by atoms with Crippen LogP contribution in [0.5, 0.6) is 0 Å². The molecule has 0 saturated carbocycles. The Balaban J connectivity index is 1.04. The van der Waals surface area contributed by atoms with Crippen molar-refractivity contribution in [3.05, 3.63) is 283 Å². The largest absolute Gasteiger partial charge is 0.456 e. The molecular formula is C61H43NO. The zero-order valence-electron chi connectivity index (χ0n) is 34.7. The molecule has 1 heterocycles. The van der Waals surface area contributed by atoms with E-state index in [9.17, 15) is 0 Å². The molecule has 2 nitrogen and oxygen atoms in total. The van der Waals surface area contributed by atoms with Gasteiger partial charge in [0.15, 0.2) is 0 Å². The summed E-state index contributed by atoms with van der Waals surface area (Å²) >= 11 is 0. The van der Waals surface area contributed by atoms with Gasteiger partial charge >= 0.3 is 0 Å². The van der Waals surface area contributed by atoms with Crippen LogP contribution >= 0.6 is 0 Å². The van der Waals surface area contributed by atoms with Crippen molar-refractivity contribution in [1.29, 1.82) is 0 Å². The molecule has 1 aromatic heterocycles. The summed E-state index contributed by atoms with van der Waals surface area (Å²) in [5.41, 5.74) is 16.3. The molecule has 0 aliphatic carbocycles. The lowest BCUT2D eigenvalue weighted by atomic mass is 9.65. The van der Waals surface area contributed by atoms with E-state index in [-0.39, 0.29) is 0 Å². The normalized spacial score (nSPS) is 11.5. The van der Waals surface area contributed by atoms with Crippen molar-refractivity contribution in [2.75, 3.05) is 4.90 Å². The molecule has 0 saturated heterocycles. The fourth-order valence-electron chi connectivity index (χ4n) is 9.42. The number of hydrogen-bond donors (Lipinski definition) is 0. The summed E-state index contributed by atoms with van der Waals surface area (Å²) in [5.74, 6) is 0. The van der Waals surface area contributed by atoms with Crippen LogP contribution in [0.25, 0.3) is 55.3 Å². The van der Waals surface area contributed by atoms with E-state index in [2.05, 4.69) is 254 Å². The number of hydrogen-bond acceptors (Lipinski definition) is 2. The molecule has 0 aliphatic rings. The lowest BCUT2D eigenvalue weighted by Gasteiger charge is -2.37. The maximum atomic E-state index is 6.30. The molecule has 0 N–H and O–H groups in total. The Morgan fingerprint density at radius 3 is 1.17 bits per heavy atom. The Labute approximate surface area is 368 Å². The van der Waals surface area contributed by atoms with Gasteiger partial charge in [0.25, 0.3) is 0 Å². The van der Waals surface area contributed by atoms with Crippen molar-refractivity contribution in [1.82, 2.24) is 0 Å². The van der Waals surface area contributed by atoms with E-state index in [4.69, 9.17) is 4.42 Å². The molecule has 0 atom stereocenters. The van der Waals surface area contributed by atoms with Crippen LogP contribution in [0.2, 0.25) is 0 Å². The molecule has 0 radical (unpaired) electrons. The van der Waals surface area contributed by atoms with E-state index >= 15 is 0 Å². The van der Waals surface area contributed by atoms with Crippen molar-refractivity contribution in [2.24, 2.45) is 0 Å². The van der Waals surface area contributed by atoms with Crippen molar-refractivity contribution < 1.29 is 4.42 Å². The second-order valence-corrected chi connectivity index (χ2v) is 16.1. The minimum Gasteiger partial charge on any atom is -0.456 e. The minimum absolute atomic E-state index is 0.499. The smallest absolute Gasteiger partial charge is 0.135 e. The first kappa shape index (κ1) is 37.8. The van der Waals surface area contributed by atoms with Crippen LogP contribution in [0.4, 0.5) is 17.1 Å². The first-order chi connectivity index (χ1) is 31.2. The van der Waals surface area contributed by atoms with Gasteiger partial charge in [-0.3, -0.25) is 0 Å². The molecule has 0 spiro atoms. The fraction of sp³-hybridized carbons (Fsp3) is 0.0164. The molecule has 11 rings (SSSR count). The molecule has 0 unspecified atom stereocenters. The predicted octanol–water partition coefficient (Wildman–Crippen LogP) is 16.4. The Morgan fingerprint density at radius 1 is 0.254 bits per heavy atom. The van der Waals surface area contributed by atoms with Gasteiger partial charge < -0.3 is 9.32 Å². The van der Waals surface area contributed by atoms with Gasteiger partial charge in [-0.25, -0.2) is 0 Å². The van der Waals surface area contributed by atoms with E-state index in [1.807, 2.05) is 12.1 Å². The highest BCUT2D eigenvalue weighted by Gasteiger charge is 2.38. The number of para-hydroxylation sites is 1. The molecule has 2 heteroatoms. The van der Waals surface area contributed by atoms with Gasteiger partial charge in [0.1, 0.15) is 11.2 Å². The Bertz CT molecular complexity index is 3130. The number of benzene rings is 10. The van der Waals surface area contributed by atoms with Crippen LogP contribution in [0, 0.1) is 0 Å². The summed E-state index contributed by atoms with van der Waals surface area (Å²) in [7, 11) is 0. The molecule has 10 aromatic carbocycles. The number of anilines is 3. The molecule has 11 aromatic rings. The molecular weight excluding hydrogens is 763 g/mol. The SMILES string of the molecule is c1ccc(-c2cc(-c3ccccc3)cc(N(c3ccc(-c4ccc(C(c5ccccc5)(c5ccccc5)c5ccccc5)cc4)cc3)c3ccc4oc5ccccc5c4c3)c2)cc1. The van der Waals surface area contributed by atoms with Gasteiger partial charge in [0.2, 0.25) is 0 Å². The van der Waals surface area contributed by atoms with E-state index < -0.39 is 5.41 Å². The third kappa shape index (κ3) is 6.98. The third-order valence-electron chi connectivity index (χ3n) is 12.4. The molecule has 0 bridgehead atoms. The van der Waals surface area contributed by atoms with Crippen LogP contribution in [0.3, 0.4) is 0 Å². The van der Waals surface area contributed by atoms with Crippen LogP contribution in [0.15, 0.2) is 265 Å². The summed E-state index contributed by atoms with van der Waals surface area (Å²) in [4.78, 5) is 2.38. The fourth-order valence-corrected chi connectivity index (χ4v) is 9.42. The van der Waals surface area contributed by atoms with E-state index in [1.165, 1.54) is 33.4 Å².